The smallest absolute Gasteiger partial charge is 0.247 e. The predicted molar refractivity (Wildman–Crippen MR) is 182 cm³/mol. The fourth-order valence-corrected chi connectivity index (χ4v) is 6.93. The maximum absolute atomic E-state index is 15.3. The lowest BCUT2D eigenvalue weighted by Gasteiger charge is -2.36. The van der Waals surface area contributed by atoms with Crippen molar-refractivity contribution in [3.05, 3.63) is 113 Å². The Morgan fingerprint density at radius 2 is 1.91 bits per heavy atom. The molecule has 0 atom stereocenters. The maximum Gasteiger partial charge on any atom is 0.247 e. The Labute approximate surface area is 271 Å². The van der Waals surface area contributed by atoms with E-state index in [-0.39, 0.29) is 11.6 Å². The monoisotopic (exact) mass is 633 g/mol. The first-order chi connectivity index (χ1) is 22.3. The predicted octanol–water partition coefficient (Wildman–Crippen LogP) is 7.85. The molecule has 8 nitrogen and oxygen atoms in total. The quantitative estimate of drug-likeness (QED) is 0.0945. The number of carbonyl (C=O) groups excluding carboxylic acids is 1. The molecule has 1 aliphatic carbocycles. The molecule has 2 aromatic heterocycles. The third-order valence-electron chi connectivity index (χ3n) is 8.33. The number of fused-ring (bicyclic) bond motifs is 1. The molecular weight excluding hydrogens is 598 g/mol. The number of carbonyl (C=O) groups is 1. The Morgan fingerprint density at radius 1 is 1.13 bits per heavy atom. The maximum atomic E-state index is 15.3. The molecule has 0 amide bonds. The Bertz CT molecular complexity index is 1910. The Morgan fingerprint density at radius 3 is 2.61 bits per heavy atom. The average Bonchev–Trinajstić information content (AvgIpc) is 3.45. The number of hydrogen-bond acceptors (Lipinski definition) is 8. The van der Waals surface area contributed by atoms with Crippen molar-refractivity contribution in [2.45, 2.75) is 55.2 Å². The Hall–Kier alpha value is -4.83. The summed E-state index contributed by atoms with van der Waals surface area (Å²) in [5.41, 5.74) is 11.8. The van der Waals surface area contributed by atoms with Gasteiger partial charge in [-0.15, -0.1) is 5.10 Å². The number of nitrogens with zero attached hydrogens (tertiary/aromatic N) is 4. The van der Waals surface area contributed by atoms with Crippen LogP contribution in [-0.4, -0.2) is 32.1 Å². The van der Waals surface area contributed by atoms with Gasteiger partial charge in [0, 0.05) is 38.9 Å². The number of aldehydes is 1. The molecule has 0 radical (unpaired) electrons. The minimum absolute atomic E-state index is 0.250. The van der Waals surface area contributed by atoms with Crippen LogP contribution < -0.4 is 11.1 Å². The van der Waals surface area contributed by atoms with Gasteiger partial charge in [0.25, 0.3) is 0 Å². The first-order valence-corrected chi connectivity index (χ1v) is 16.2. The van der Waals surface area contributed by atoms with Crippen LogP contribution in [-0.2, 0) is 12.8 Å². The van der Waals surface area contributed by atoms with Crippen LogP contribution in [0.5, 0.6) is 0 Å². The van der Waals surface area contributed by atoms with Gasteiger partial charge < -0.3 is 16.5 Å². The minimum Gasteiger partial charge on any atom is -0.404 e. The number of nitrogens with one attached hydrogen (secondary N) is 2. The molecule has 3 aromatic carbocycles. The molecule has 0 bridgehead atoms. The Balaban J connectivity index is 1.11. The summed E-state index contributed by atoms with van der Waals surface area (Å²) in [4.78, 5) is 21.9. The lowest BCUT2D eigenvalue weighted by molar-refractivity contribution is 0.112. The summed E-state index contributed by atoms with van der Waals surface area (Å²) in [5, 5.41) is 15.2. The number of benzene rings is 3. The van der Waals surface area contributed by atoms with E-state index in [1.165, 1.54) is 47.7 Å². The zero-order valence-corrected chi connectivity index (χ0v) is 26.6. The molecule has 234 valence electrons. The van der Waals surface area contributed by atoms with Gasteiger partial charge in [0.2, 0.25) is 5.95 Å². The molecule has 1 saturated carbocycles. The van der Waals surface area contributed by atoms with E-state index >= 15 is 4.39 Å². The van der Waals surface area contributed by atoms with Crippen molar-refractivity contribution in [1.82, 2.24) is 19.6 Å². The fourth-order valence-electron chi connectivity index (χ4n) is 6.01. The van der Waals surface area contributed by atoms with Crippen LogP contribution in [0.3, 0.4) is 0 Å². The van der Waals surface area contributed by atoms with Gasteiger partial charge in [-0.05, 0) is 84.9 Å². The standard InChI is InChI=1S/C36H36FN7OS/c1-22(2)12-31-34(28(18-38)19-39)40-21-44-35(31)42-36(43-44)41-33-11-10-30(17-32(33)37)46-29-5-3-4-24(16-29)13-25-14-27(15-25)26-8-6-23(20-45)7-9-26/h3-11,16-22,25,27,38H,12-15,39H2,1-2H3,(H,41,43)/b28-19+,38-18?. The third kappa shape index (κ3) is 6.87. The normalized spacial score (nSPS) is 16.4. The van der Waals surface area contributed by atoms with Gasteiger partial charge in [0.1, 0.15) is 18.4 Å². The van der Waals surface area contributed by atoms with E-state index in [0.717, 1.165) is 40.9 Å². The zero-order chi connectivity index (χ0) is 32.2. The molecule has 0 aliphatic heterocycles. The largest absolute Gasteiger partial charge is 0.404 e. The van der Waals surface area contributed by atoms with Gasteiger partial charge in [-0.2, -0.15) is 4.98 Å². The molecule has 1 aliphatic rings. The van der Waals surface area contributed by atoms with E-state index in [9.17, 15) is 4.79 Å². The topological polar surface area (TPSA) is 122 Å². The first kappa shape index (κ1) is 31.2. The molecule has 0 saturated heterocycles. The van der Waals surface area contributed by atoms with Crippen molar-refractivity contribution in [2.75, 3.05) is 5.32 Å². The summed E-state index contributed by atoms with van der Waals surface area (Å²) in [7, 11) is 0. The van der Waals surface area contributed by atoms with Gasteiger partial charge in [0.05, 0.1) is 11.4 Å². The van der Waals surface area contributed by atoms with E-state index < -0.39 is 5.82 Å². The van der Waals surface area contributed by atoms with Crippen LogP contribution in [0.15, 0.2) is 89.0 Å². The van der Waals surface area contributed by atoms with E-state index in [2.05, 4.69) is 70.6 Å². The van der Waals surface area contributed by atoms with E-state index in [1.54, 1.807) is 10.6 Å². The lowest BCUT2D eigenvalue weighted by Crippen LogP contribution is -2.23. The van der Waals surface area contributed by atoms with E-state index in [4.69, 9.17) is 11.1 Å². The van der Waals surface area contributed by atoms with Crippen LogP contribution in [0.25, 0.3) is 11.2 Å². The number of nitrogens with two attached hydrogens (primary N) is 1. The van der Waals surface area contributed by atoms with Gasteiger partial charge in [-0.1, -0.05) is 62.0 Å². The van der Waals surface area contributed by atoms with Gasteiger partial charge in [-0.25, -0.2) is 13.9 Å². The molecule has 46 heavy (non-hydrogen) atoms. The first-order valence-electron chi connectivity index (χ1n) is 15.4. The summed E-state index contributed by atoms with van der Waals surface area (Å²) in [6.45, 7) is 4.18. The SMILES string of the molecule is CC(C)Cc1c(/C(C=N)=C/N)ncn2nc(Nc3ccc(Sc4cccc(CC5CC(c6ccc(C=O)cc6)C5)c4)cc3F)nc12. The highest BCUT2D eigenvalue weighted by atomic mass is 32.2. The van der Waals surface area contributed by atoms with Gasteiger partial charge in [0.15, 0.2) is 5.65 Å². The molecule has 1 fully saturated rings. The van der Waals surface area contributed by atoms with Crippen molar-refractivity contribution >= 4 is 47.1 Å². The molecule has 5 aromatic rings. The highest BCUT2D eigenvalue weighted by Crippen LogP contribution is 2.43. The summed E-state index contributed by atoms with van der Waals surface area (Å²) < 4.78 is 16.9. The summed E-state index contributed by atoms with van der Waals surface area (Å²) >= 11 is 1.53. The number of hydrogen-bond donors (Lipinski definition) is 3. The summed E-state index contributed by atoms with van der Waals surface area (Å²) in [5.74, 6) is 1.34. The number of allylic oxidation sites excluding steroid dienone is 1. The van der Waals surface area contributed by atoms with Crippen LogP contribution in [0.2, 0.25) is 0 Å². The zero-order valence-electron chi connectivity index (χ0n) is 25.8. The van der Waals surface area contributed by atoms with Crippen LogP contribution in [0, 0.1) is 23.1 Å². The average molecular weight is 634 g/mol. The summed E-state index contributed by atoms with van der Waals surface area (Å²) in [6.07, 6.45) is 8.91. The second-order valence-corrected chi connectivity index (χ2v) is 13.3. The molecule has 4 N–H and O–H groups in total. The minimum atomic E-state index is -0.403. The summed E-state index contributed by atoms with van der Waals surface area (Å²) in [6, 6.07) is 21.5. The number of rotatable bonds is 12. The Kier molecular flexibility index (Phi) is 9.25. The number of aromatic nitrogens is 4. The highest BCUT2D eigenvalue weighted by molar-refractivity contribution is 7.99. The second-order valence-electron chi connectivity index (χ2n) is 12.2. The molecule has 0 spiro atoms. The van der Waals surface area contributed by atoms with Gasteiger partial charge >= 0.3 is 0 Å². The lowest BCUT2D eigenvalue weighted by atomic mass is 9.69. The molecule has 0 unspecified atom stereocenters. The van der Waals surface area contributed by atoms with Crippen LogP contribution >= 0.6 is 11.8 Å². The van der Waals surface area contributed by atoms with E-state index in [1.807, 2.05) is 18.2 Å². The van der Waals surface area contributed by atoms with Crippen molar-refractivity contribution < 1.29 is 9.18 Å². The third-order valence-corrected chi connectivity index (χ3v) is 9.31. The van der Waals surface area contributed by atoms with Gasteiger partial charge in [-0.3, -0.25) is 4.79 Å². The highest BCUT2D eigenvalue weighted by Gasteiger charge is 2.30. The van der Waals surface area contributed by atoms with Crippen molar-refractivity contribution in [2.24, 2.45) is 17.6 Å². The molecular formula is C36H36FN7OS. The van der Waals surface area contributed by atoms with Crippen molar-refractivity contribution in [3.8, 4) is 0 Å². The fraction of sp³-hybridized carbons (Fsp3) is 0.250. The molecule has 2 heterocycles. The molecule has 6 rings (SSSR count). The van der Waals surface area contributed by atoms with Crippen LogP contribution in [0.1, 0.15) is 65.3 Å². The van der Waals surface area contributed by atoms with Crippen LogP contribution in [0.4, 0.5) is 16.0 Å². The van der Waals surface area contributed by atoms with E-state index in [0.29, 0.717) is 46.7 Å². The number of halogens is 1. The van der Waals surface area contributed by atoms with Crippen molar-refractivity contribution in [1.29, 1.82) is 5.41 Å². The van der Waals surface area contributed by atoms with Crippen molar-refractivity contribution in [3.63, 3.8) is 0 Å². The molecule has 10 heteroatoms. The number of anilines is 2. The second kappa shape index (κ2) is 13.7.